The van der Waals surface area contributed by atoms with Crippen molar-refractivity contribution in [1.29, 1.82) is 0 Å². The molecule has 0 aliphatic heterocycles. The summed E-state index contributed by atoms with van der Waals surface area (Å²) in [5, 5.41) is 0. The van der Waals surface area contributed by atoms with Crippen molar-refractivity contribution >= 4 is 0 Å². The van der Waals surface area contributed by atoms with Crippen molar-refractivity contribution < 1.29 is 0 Å². The molecule has 3 N–H and O–H groups in total. The SMILES string of the molecule is CC[C@@H](C)NN. The second-order valence-corrected chi connectivity index (χ2v) is 1.48. The highest BCUT2D eigenvalue weighted by Crippen LogP contribution is 1.81. The highest BCUT2D eigenvalue weighted by atomic mass is 15.2. The molecule has 0 heterocycles. The molecular formula is C4H12N2. The fourth-order valence-corrected chi connectivity index (χ4v) is 0.118. The molecule has 0 spiro atoms. The van der Waals surface area contributed by atoms with Crippen LogP contribution in [0.5, 0.6) is 0 Å². The molecule has 2 nitrogen and oxygen atoms in total. The second kappa shape index (κ2) is 3.12. The van der Waals surface area contributed by atoms with Crippen molar-refractivity contribution in [3.63, 3.8) is 0 Å². The number of hydrogen-bond acceptors (Lipinski definition) is 2. The molecule has 6 heavy (non-hydrogen) atoms. The highest BCUT2D eigenvalue weighted by molar-refractivity contribution is 4.47. The number of nitrogens with one attached hydrogen (secondary N) is 1. The molecular weight excluding hydrogens is 76.1 g/mol. The molecule has 38 valence electrons. The maximum Gasteiger partial charge on any atom is 0.0179 e. The number of hydrogen-bond donors (Lipinski definition) is 2. The fourth-order valence-electron chi connectivity index (χ4n) is 0.118. The van der Waals surface area contributed by atoms with Gasteiger partial charge < -0.3 is 0 Å². The maximum atomic E-state index is 5.03. The first-order valence-electron chi connectivity index (χ1n) is 2.27. The molecule has 0 radical (unpaired) electrons. The summed E-state index contributed by atoms with van der Waals surface area (Å²) in [7, 11) is 0. The van der Waals surface area contributed by atoms with Crippen LogP contribution in [0.15, 0.2) is 0 Å². The van der Waals surface area contributed by atoms with Crippen molar-refractivity contribution in [3.05, 3.63) is 0 Å². The van der Waals surface area contributed by atoms with Crippen LogP contribution in [0.4, 0.5) is 0 Å². The van der Waals surface area contributed by atoms with Crippen LogP contribution in [0.2, 0.25) is 0 Å². The zero-order valence-electron chi connectivity index (χ0n) is 4.36. The normalized spacial score (nSPS) is 14.5. The monoisotopic (exact) mass is 88.1 g/mol. The Bertz CT molecular complexity index is 24.7. The first-order chi connectivity index (χ1) is 2.81. The average Bonchev–Trinajstić information content (AvgIpc) is 1.65. The lowest BCUT2D eigenvalue weighted by Gasteiger charge is -2.02. The molecule has 0 aromatic carbocycles. The Morgan fingerprint density at radius 1 is 1.83 bits per heavy atom. The molecule has 0 aromatic heterocycles. The van der Waals surface area contributed by atoms with E-state index in [0.29, 0.717) is 6.04 Å². The van der Waals surface area contributed by atoms with Crippen molar-refractivity contribution in [2.24, 2.45) is 5.84 Å². The third-order valence-corrected chi connectivity index (χ3v) is 0.897. The van der Waals surface area contributed by atoms with Crippen LogP contribution in [0, 0.1) is 0 Å². The Morgan fingerprint density at radius 3 is 2.33 bits per heavy atom. The van der Waals surface area contributed by atoms with Crippen LogP contribution in [0.1, 0.15) is 20.3 Å². The average molecular weight is 88.2 g/mol. The minimum atomic E-state index is 0.463. The largest absolute Gasteiger partial charge is 0.271 e. The summed E-state index contributed by atoms with van der Waals surface area (Å²) in [4.78, 5) is 0. The van der Waals surface area contributed by atoms with Gasteiger partial charge in [0.05, 0.1) is 0 Å². The van der Waals surface area contributed by atoms with Crippen molar-refractivity contribution in [3.8, 4) is 0 Å². The minimum absolute atomic E-state index is 0.463. The quantitative estimate of drug-likeness (QED) is 0.375. The standard InChI is InChI=1S/C4H12N2/c1-3-4(2)6-5/h4,6H,3,5H2,1-2H3/t4-/m1/s1. The third kappa shape index (κ3) is 2.18. The van der Waals surface area contributed by atoms with Gasteiger partial charge in [-0.25, -0.2) is 0 Å². The number of rotatable bonds is 2. The van der Waals surface area contributed by atoms with Gasteiger partial charge in [0.2, 0.25) is 0 Å². The molecule has 0 fully saturated rings. The zero-order valence-corrected chi connectivity index (χ0v) is 4.36. The van der Waals surface area contributed by atoms with Crippen molar-refractivity contribution in [2.45, 2.75) is 26.3 Å². The maximum absolute atomic E-state index is 5.03. The Kier molecular flexibility index (Phi) is 3.08. The highest BCUT2D eigenvalue weighted by Gasteiger charge is 1.87. The topological polar surface area (TPSA) is 38.0 Å². The summed E-state index contributed by atoms with van der Waals surface area (Å²) in [6.07, 6.45) is 1.09. The molecule has 1 atom stereocenters. The van der Waals surface area contributed by atoms with E-state index in [4.69, 9.17) is 5.84 Å². The zero-order chi connectivity index (χ0) is 4.99. The van der Waals surface area contributed by atoms with Gasteiger partial charge in [0.1, 0.15) is 0 Å². The first-order valence-corrected chi connectivity index (χ1v) is 2.27. The predicted octanol–water partition coefficient (Wildman–Crippen LogP) is 0.248. The lowest BCUT2D eigenvalue weighted by atomic mass is 10.3. The van der Waals surface area contributed by atoms with E-state index in [-0.39, 0.29) is 0 Å². The summed E-state index contributed by atoms with van der Waals surface area (Å²) in [5.74, 6) is 5.03. The van der Waals surface area contributed by atoms with Gasteiger partial charge in [0, 0.05) is 6.04 Å². The molecule has 0 bridgehead atoms. The molecule has 2 heteroatoms. The summed E-state index contributed by atoms with van der Waals surface area (Å²) in [6, 6.07) is 0.463. The minimum Gasteiger partial charge on any atom is -0.271 e. The van der Waals surface area contributed by atoms with E-state index in [0.717, 1.165) is 6.42 Å². The fraction of sp³-hybridized carbons (Fsp3) is 1.00. The second-order valence-electron chi connectivity index (χ2n) is 1.48. The number of hydrazine groups is 1. The van der Waals surface area contributed by atoms with Crippen LogP contribution in [0.3, 0.4) is 0 Å². The molecule has 0 saturated carbocycles. The van der Waals surface area contributed by atoms with E-state index < -0.39 is 0 Å². The molecule has 0 aromatic rings. The lowest BCUT2D eigenvalue weighted by Crippen LogP contribution is -2.31. The van der Waals surface area contributed by atoms with E-state index >= 15 is 0 Å². The van der Waals surface area contributed by atoms with Gasteiger partial charge in [-0.15, -0.1) is 0 Å². The predicted molar refractivity (Wildman–Crippen MR) is 27.1 cm³/mol. The molecule has 0 aliphatic rings. The Morgan fingerprint density at radius 2 is 2.33 bits per heavy atom. The van der Waals surface area contributed by atoms with Gasteiger partial charge in [-0.1, -0.05) is 6.92 Å². The van der Waals surface area contributed by atoms with Gasteiger partial charge in [-0.2, -0.15) is 0 Å². The Labute approximate surface area is 38.7 Å². The Balaban J connectivity index is 2.75. The molecule has 0 unspecified atom stereocenters. The molecule has 0 saturated heterocycles. The van der Waals surface area contributed by atoms with E-state index in [2.05, 4.69) is 12.3 Å². The lowest BCUT2D eigenvalue weighted by molar-refractivity contribution is 0.555. The van der Waals surface area contributed by atoms with Crippen LogP contribution < -0.4 is 11.3 Å². The van der Waals surface area contributed by atoms with Crippen molar-refractivity contribution in [1.82, 2.24) is 5.43 Å². The summed E-state index contributed by atoms with van der Waals surface area (Å²) in [6.45, 7) is 4.13. The molecule has 0 amide bonds. The van der Waals surface area contributed by atoms with E-state index in [1.165, 1.54) is 0 Å². The van der Waals surface area contributed by atoms with Crippen LogP contribution in [-0.2, 0) is 0 Å². The van der Waals surface area contributed by atoms with E-state index in [9.17, 15) is 0 Å². The van der Waals surface area contributed by atoms with Gasteiger partial charge in [0.15, 0.2) is 0 Å². The third-order valence-electron chi connectivity index (χ3n) is 0.897. The van der Waals surface area contributed by atoms with Crippen LogP contribution in [0.25, 0.3) is 0 Å². The van der Waals surface area contributed by atoms with Gasteiger partial charge >= 0.3 is 0 Å². The molecule has 0 aliphatic carbocycles. The number of nitrogens with two attached hydrogens (primary N) is 1. The van der Waals surface area contributed by atoms with Crippen LogP contribution in [-0.4, -0.2) is 6.04 Å². The summed E-state index contributed by atoms with van der Waals surface area (Å²) in [5.41, 5.74) is 2.61. The molecule has 0 rings (SSSR count). The Hall–Kier alpha value is -0.0800. The first kappa shape index (κ1) is 5.92. The van der Waals surface area contributed by atoms with E-state index in [1.807, 2.05) is 6.92 Å². The van der Waals surface area contributed by atoms with Crippen LogP contribution >= 0.6 is 0 Å². The van der Waals surface area contributed by atoms with Gasteiger partial charge in [0.25, 0.3) is 0 Å². The summed E-state index contributed by atoms with van der Waals surface area (Å²) >= 11 is 0. The van der Waals surface area contributed by atoms with Gasteiger partial charge in [-0.05, 0) is 13.3 Å². The van der Waals surface area contributed by atoms with Crippen molar-refractivity contribution in [2.75, 3.05) is 0 Å². The summed E-state index contributed by atoms with van der Waals surface area (Å²) < 4.78 is 0. The smallest absolute Gasteiger partial charge is 0.0179 e. The van der Waals surface area contributed by atoms with Gasteiger partial charge in [-0.3, -0.25) is 11.3 Å². The van der Waals surface area contributed by atoms with E-state index in [1.54, 1.807) is 0 Å².